The standard InChI is InChI=1S/C18H21NO5/c1-6-19-11(2)15(18(21)24-5)13(17(19)20)10-12-8-7-9-14(22-3)16(12)23-4/h7-10H,6H2,1-5H3/b13-10-. The highest BCUT2D eigenvalue weighted by Gasteiger charge is 2.36. The van der Waals surface area contributed by atoms with Crippen LogP contribution in [0.25, 0.3) is 6.08 Å². The van der Waals surface area contributed by atoms with Crippen molar-refractivity contribution >= 4 is 18.0 Å². The molecule has 128 valence electrons. The molecule has 6 heteroatoms. The van der Waals surface area contributed by atoms with Gasteiger partial charge in [0, 0.05) is 17.8 Å². The average Bonchev–Trinajstić information content (AvgIpc) is 2.83. The van der Waals surface area contributed by atoms with Gasteiger partial charge in [0.25, 0.3) is 5.91 Å². The van der Waals surface area contributed by atoms with Crippen molar-refractivity contribution in [3.63, 3.8) is 0 Å². The minimum Gasteiger partial charge on any atom is -0.493 e. The molecular weight excluding hydrogens is 310 g/mol. The fourth-order valence-corrected chi connectivity index (χ4v) is 2.79. The van der Waals surface area contributed by atoms with Crippen LogP contribution in [0, 0.1) is 0 Å². The van der Waals surface area contributed by atoms with E-state index in [1.165, 1.54) is 21.3 Å². The Morgan fingerprint density at radius 1 is 1.21 bits per heavy atom. The second kappa shape index (κ2) is 7.21. The number of rotatable bonds is 5. The van der Waals surface area contributed by atoms with Crippen LogP contribution in [0.4, 0.5) is 0 Å². The molecule has 0 radical (unpaired) electrons. The molecule has 1 aromatic carbocycles. The number of carbonyl (C=O) groups is 2. The minimum atomic E-state index is -0.537. The van der Waals surface area contributed by atoms with E-state index in [0.717, 1.165) is 0 Å². The Balaban J connectivity index is 2.63. The van der Waals surface area contributed by atoms with Crippen molar-refractivity contribution in [3.8, 4) is 11.5 Å². The van der Waals surface area contributed by atoms with E-state index in [1.807, 2.05) is 6.92 Å². The normalized spacial score (nSPS) is 16.0. The van der Waals surface area contributed by atoms with E-state index < -0.39 is 5.97 Å². The van der Waals surface area contributed by atoms with Crippen LogP contribution in [-0.2, 0) is 14.3 Å². The summed E-state index contributed by atoms with van der Waals surface area (Å²) in [4.78, 5) is 26.4. The van der Waals surface area contributed by atoms with Gasteiger partial charge in [-0.15, -0.1) is 0 Å². The summed E-state index contributed by atoms with van der Waals surface area (Å²) >= 11 is 0. The molecule has 24 heavy (non-hydrogen) atoms. The Morgan fingerprint density at radius 2 is 1.92 bits per heavy atom. The summed E-state index contributed by atoms with van der Waals surface area (Å²) in [5.41, 5.74) is 1.79. The monoisotopic (exact) mass is 331 g/mol. The van der Waals surface area contributed by atoms with Gasteiger partial charge in [-0.25, -0.2) is 4.79 Å². The van der Waals surface area contributed by atoms with Gasteiger partial charge in [-0.05, 0) is 26.0 Å². The zero-order chi connectivity index (χ0) is 17.9. The summed E-state index contributed by atoms with van der Waals surface area (Å²) in [6.45, 7) is 4.06. The lowest BCUT2D eigenvalue weighted by Gasteiger charge is -2.14. The molecule has 0 atom stereocenters. The summed E-state index contributed by atoms with van der Waals surface area (Å²) in [7, 11) is 4.36. The first-order valence-corrected chi connectivity index (χ1v) is 7.54. The van der Waals surface area contributed by atoms with Gasteiger partial charge in [-0.1, -0.05) is 12.1 Å². The van der Waals surface area contributed by atoms with E-state index in [1.54, 1.807) is 36.1 Å². The lowest BCUT2D eigenvalue weighted by atomic mass is 10.0. The average molecular weight is 331 g/mol. The Kier molecular flexibility index (Phi) is 5.28. The van der Waals surface area contributed by atoms with Gasteiger partial charge in [0.15, 0.2) is 11.5 Å². The van der Waals surface area contributed by atoms with Crippen molar-refractivity contribution in [2.45, 2.75) is 13.8 Å². The maximum absolute atomic E-state index is 12.7. The van der Waals surface area contributed by atoms with E-state index in [9.17, 15) is 9.59 Å². The van der Waals surface area contributed by atoms with Gasteiger partial charge in [-0.2, -0.15) is 0 Å². The Labute approximate surface area is 141 Å². The third-order valence-corrected chi connectivity index (χ3v) is 3.95. The minimum absolute atomic E-state index is 0.236. The number of esters is 1. The lowest BCUT2D eigenvalue weighted by molar-refractivity contribution is -0.136. The summed E-state index contributed by atoms with van der Waals surface area (Å²) in [6, 6.07) is 5.34. The number of likely N-dealkylation sites (N-methyl/N-ethyl adjacent to an activating group) is 1. The number of hydrogen-bond acceptors (Lipinski definition) is 5. The van der Waals surface area contributed by atoms with Crippen molar-refractivity contribution in [1.82, 2.24) is 4.90 Å². The summed E-state index contributed by atoms with van der Waals surface area (Å²) in [5, 5.41) is 0. The second-order valence-electron chi connectivity index (χ2n) is 5.14. The topological polar surface area (TPSA) is 65.1 Å². The molecule has 0 saturated heterocycles. The number of allylic oxidation sites excluding steroid dienone is 1. The number of hydrogen-bond donors (Lipinski definition) is 0. The highest BCUT2D eigenvalue weighted by molar-refractivity contribution is 6.16. The van der Waals surface area contributed by atoms with Crippen molar-refractivity contribution in [1.29, 1.82) is 0 Å². The molecule has 1 heterocycles. The largest absolute Gasteiger partial charge is 0.493 e. The van der Waals surface area contributed by atoms with Gasteiger partial charge >= 0.3 is 5.97 Å². The predicted molar refractivity (Wildman–Crippen MR) is 89.6 cm³/mol. The Bertz CT molecular complexity index is 733. The zero-order valence-electron chi connectivity index (χ0n) is 14.5. The number of ether oxygens (including phenoxy) is 3. The van der Waals surface area contributed by atoms with Gasteiger partial charge in [0.05, 0.1) is 32.5 Å². The van der Waals surface area contributed by atoms with Gasteiger partial charge in [0.2, 0.25) is 0 Å². The summed E-state index contributed by atoms with van der Waals surface area (Å²) in [6.07, 6.45) is 1.63. The maximum Gasteiger partial charge on any atom is 0.340 e. The van der Waals surface area contributed by atoms with Crippen molar-refractivity contribution < 1.29 is 23.8 Å². The molecule has 0 bridgehead atoms. The number of benzene rings is 1. The molecule has 2 rings (SSSR count). The van der Waals surface area contributed by atoms with Crippen LogP contribution in [0.2, 0.25) is 0 Å². The number of para-hydroxylation sites is 1. The molecule has 0 fully saturated rings. The first-order valence-electron chi connectivity index (χ1n) is 7.54. The van der Waals surface area contributed by atoms with Gasteiger partial charge in [0.1, 0.15) is 0 Å². The molecule has 0 saturated carbocycles. The molecule has 0 aliphatic carbocycles. The van der Waals surface area contributed by atoms with E-state index in [4.69, 9.17) is 14.2 Å². The van der Waals surface area contributed by atoms with Gasteiger partial charge < -0.3 is 19.1 Å². The smallest absolute Gasteiger partial charge is 0.340 e. The molecule has 1 aliphatic rings. The van der Waals surface area contributed by atoms with Crippen molar-refractivity contribution in [2.75, 3.05) is 27.9 Å². The Morgan fingerprint density at radius 3 is 2.46 bits per heavy atom. The van der Waals surface area contributed by atoms with Crippen LogP contribution >= 0.6 is 0 Å². The third-order valence-electron chi connectivity index (χ3n) is 3.95. The third kappa shape index (κ3) is 2.87. The first-order chi connectivity index (χ1) is 11.5. The maximum atomic E-state index is 12.7. The molecule has 1 aliphatic heterocycles. The zero-order valence-corrected chi connectivity index (χ0v) is 14.5. The first kappa shape index (κ1) is 17.6. The Hall–Kier alpha value is -2.76. The highest BCUT2D eigenvalue weighted by Crippen LogP contribution is 2.36. The summed E-state index contributed by atoms with van der Waals surface area (Å²) in [5.74, 6) is 0.271. The number of carbonyl (C=O) groups excluding carboxylic acids is 2. The van der Waals surface area contributed by atoms with Crippen molar-refractivity contribution in [2.24, 2.45) is 0 Å². The summed E-state index contributed by atoms with van der Waals surface area (Å²) < 4.78 is 15.5. The van der Waals surface area contributed by atoms with Crippen LogP contribution in [-0.4, -0.2) is 44.7 Å². The fraction of sp³-hybridized carbons (Fsp3) is 0.333. The molecule has 1 aromatic rings. The van der Waals surface area contributed by atoms with E-state index >= 15 is 0 Å². The molecule has 0 aromatic heterocycles. The SMILES string of the molecule is CCN1C(=O)/C(=C\c2cccc(OC)c2OC)C(C(=O)OC)=C1C. The van der Waals surface area contributed by atoms with E-state index in [-0.39, 0.29) is 17.1 Å². The van der Waals surface area contributed by atoms with Gasteiger partial charge in [-0.3, -0.25) is 4.79 Å². The molecule has 1 amide bonds. The second-order valence-corrected chi connectivity index (χ2v) is 5.14. The molecular formula is C18H21NO5. The highest BCUT2D eigenvalue weighted by atomic mass is 16.5. The number of nitrogens with zero attached hydrogens (tertiary/aromatic N) is 1. The van der Waals surface area contributed by atoms with E-state index in [2.05, 4.69) is 0 Å². The number of methoxy groups -OCH3 is 3. The predicted octanol–water partition coefficient (Wildman–Crippen LogP) is 2.40. The quantitative estimate of drug-likeness (QED) is 0.612. The fourth-order valence-electron chi connectivity index (χ4n) is 2.79. The van der Waals surface area contributed by atoms with E-state index in [0.29, 0.717) is 29.3 Å². The lowest BCUT2D eigenvalue weighted by Crippen LogP contribution is -2.24. The van der Waals surface area contributed by atoms with Crippen LogP contribution in [0.1, 0.15) is 19.4 Å². The molecule has 0 spiro atoms. The molecule has 6 nitrogen and oxygen atoms in total. The van der Waals surface area contributed by atoms with Crippen LogP contribution in [0.5, 0.6) is 11.5 Å². The van der Waals surface area contributed by atoms with Crippen molar-refractivity contribution in [3.05, 3.63) is 40.6 Å². The van der Waals surface area contributed by atoms with Crippen LogP contribution in [0.15, 0.2) is 35.0 Å². The molecule has 0 unspecified atom stereocenters. The van der Waals surface area contributed by atoms with Crippen LogP contribution in [0.3, 0.4) is 0 Å². The van der Waals surface area contributed by atoms with Crippen LogP contribution < -0.4 is 9.47 Å². The molecule has 0 N–H and O–H groups in total. The number of amides is 1.